The van der Waals surface area contributed by atoms with E-state index in [9.17, 15) is 19.2 Å². The Hall–Kier alpha value is -4.01. The Morgan fingerprint density at radius 2 is 1.71 bits per heavy atom. The summed E-state index contributed by atoms with van der Waals surface area (Å²) < 4.78 is 18.4. The number of unbranched alkanes of at least 4 members (excludes halogenated alkanes) is 4. The van der Waals surface area contributed by atoms with E-state index >= 15 is 0 Å². The Balaban J connectivity index is 1.50. The molecule has 0 aliphatic carbocycles. The fraction of sp³-hybridized carbons (Fsp3) is 0.469. The van der Waals surface area contributed by atoms with Crippen molar-refractivity contribution in [2.45, 2.75) is 97.3 Å². The van der Waals surface area contributed by atoms with Crippen molar-refractivity contribution in [2.75, 3.05) is 0 Å². The predicted molar refractivity (Wildman–Crippen MR) is 152 cm³/mol. The number of cyclic esters (lactones) is 1. The fourth-order valence-corrected chi connectivity index (χ4v) is 5.65. The van der Waals surface area contributed by atoms with Crippen LogP contribution in [0, 0.1) is 0 Å². The van der Waals surface area contributed by atoms with Crippen LogP contribution in [0.1, 0.15) is 95.2 Å². The summed E-state index contributed by atoms with van der Waals surface area (Å²) in [6.07, 6.45) is 5.99. The van der Waals surface area contributed by atoms with Crippen LogP contribution in [0.5, 0.6) is 5.75 Å². The highest BCUT2D eigenvalue weighted by Crippen LogP contribution is 2.41. The molecule has 0 amide bonds. The smallest absolute Gasteiger partial charge is 0.355 e. The van der Waals surface area contributed by atoms with E-state index < -0.39 is 17.5 Å². The van der Waals surface area contributed by atoms with E-state index in [4.69, 9.17) is 19.2 Å². The maximum Gasteiger partial charge on any atom is 0.355 e. The van der Waals surface area contributed by atoms with Gasteiger partial charge in [0.2, 0.25) is 5.60 Å². The van der Waals surface area contributed by atoms with Gasteiger partial charge in [-0.1, -0.05) is 46.5 Å². The zero-order chi connectivity index (χ0) is 29.1. The lowest BCUT2D eigenvalue weighted by Crippen LogP contribution is -2.47. The van der Waals surface area contributed by atoms with Crippen LogP contribution in [0.25, 0.3) is 22.3 Å². The van der Waals surface area contributed by atoms with Crippen molar-refractivity contribution >= 4 is 28.8 Å². The van der Waals surface area contributed by atoms with Gasteiger partial charge < -0.3 is 18.8 Å². The van der Waals surface area contributed by atoms with Crippen molar-refractivity contribution in [3.05, 3.63) is 57.4 Å². The highest BCUT2D eigenvalue weighted by molar-refractivity contribution is 5.89. The normalized spacial score (nSPS) is 17.0. The molecule has 3 aromatic rings. The number of nitrogens with zero attached hydrogens (tertiary/aromatic N) is 2. The fourth-order valence-electron chi connectivity index (χ4n) is 5.65. The van der Waals surface area contributed by atoms with Gasteiger partial charge in [-0.2, -0.15) is 0 Å². The van der Waals surface area contributed by atoms with Crippen LogP contribution < -0.4 is 10.3 Å². The Morgan fingerprint density at radius 1 is 0.976 bits per heavy atom. The summed E-state index contributed by atoms with van der Waals surface area (Å²) >= 11 is 0. The molecule has 2 aliphatic rings. The number of pyridine rings is 2. The first kappa shape index (κ1) is 28.5. The van der Waals surface area contributed by atoms with Crippen LogP contribution >= 0.6 is 0 Å². The lowest BCUT2D eigenvalue weighted by molar-refractivity contribution is -0.189. The number of esters is 3. The second-order valence-corrected chi connectivity index (χ2v) is 10.8. The van der Waals surface area contributed by atoms with E-state index in [1.807, 2.05) is 13.0 Å². The summed E-state index contributed by atoms with van der Waals surface area (Å²) in [6, 6.07) is 8.99. The number of carbonyl (C=O) groups excluding carboxylic acids is 3. The van der Waals surface area contributed by atoms with Crippen molar-refractivity contribution in [2.24, 2.45) is 0 Å². The summed E-state index contributed by atoms with van der Waals surface area (Å²) in [7, 11) is 0. The molecule has 0 N–H and O–H groups in total. The van der Waals surface area contributed by atoms with Crippen molar-refractivity contribution in [1.82, 2.24) is 9.55 Å². The Labute approximate surface area is 238 Å². The summed E-state index contributed by atoms with van der Waals surface area (Å²) in [5, 5.41) is 0.788. The van der Waals surface area contributed by atoms with Crippen molar-refractivity contribution in [3.63, 3.8) is 0 Å². The Kier molecular flexibility index (Phi) is 8.24. The highest BCUT2D eigenvalue weighted by Gasteiger charge is 2.50. The van der Waals surface area contributed by atoms with Gasteiger partial charge >= 0.3 is 17.9 Å². The predicted octanol–water partition coefficient (Wildman–Crippen LogP) is 5.70. The van der Waals surface area contributed by atoms with Gasteiger partial charge in [0, 0.05) is 29.4 Å². The summed E-state index contributed by atoms with van der Waals surface area (Å²) in [4.78, 5) is 56.7. The molecule has 9 heteroatoms. The summed E-state index contributed by atoms with van der Waals surface area (Å²) in [5.74, 6) is -0.967. The standard InChI is InChI=1S/C32H36N2O7/c1-4-7-9-11-27(35)40-22-13-14-25-20(16-22)15-21-18-34-26(29(21)33-25)17-24-23(30(34)37)19-39-31(38)32(24,6-3)41-28(36)12-10-8-5-2/h13-17H,4-12,18-19H2,1-3H3/t32-/m0/s1. The van der Waals surface area contributed by atoms with E-state index in [0.29, 0.717) is 53.2 Å². The largest absolute Gasteiger partial charge is 0.457 e. The minimum absolute atomic E-state index is 0.138. The van der Waals surface area contributed by atoms with Gasteiger partial charge in [0.15, 0.2) is 0 Å². The molecule has 0 unspecified atom stereocenters. The van der Waals surface area contributed by atoms with E-state index in [-0.39, 0.29) is 31.0 Å². The third-order valence-corrected chi connectivity index (χ3v) is 7.94. The number of aromatic nitrogens is 2. The molecule has 0 fully saturated rings. The number of benzene rings is 1. The molecule has 41 heavy (non-hydrogen) atoms. The zero-order valence-corrected chi connectivity index (χ0v) is 23.9. The Morgan fingerprint density at radius 3 is 2.41 bits per heavy atom. The van der Waals surface area contributed by atoms with Gasteiger partial charge in [0.05, 0.1) is 29.0 Å². The number of hydrogen-bond acceptors (Lipinski definition) is 8. The summed E-state index contributed by atoms with van der Waals surface area (Å²) in [5.41, 5.74) is 1.40. The molecule has 2 aromatic heterocycles. The molecule has 0 saturated heterocycles. The first-order valence-electron chi connectivity index (χ1n) is 14.6. The second-order valence-electron chi connectivity index (χ2n) is 10.8. The van der Waals surface area contributed by atoms with E-state index in [1.54, 1.807) is 35.8 Å². The van der Waals surface area contributed by atoms with Crippen LogP contribution in [-0.4, -0.2) is 27.5 Å². The quantitative estimate of drug-likeness (QED) is 0.130. The molecule has 4 heterocycles. The summed E-state index contributed by atoms with van der Waals surface area (Å²) in [6.45, 7) is 5.99. The molecular weight excluding hydrogens is 524 g/mol. The third kappa shape index (κ3) is 5.37. The number of rotatable bonds is 11. The van der Waals surface area contributed by atoms with E-state index in [2.05, 4.69) is 6.92 Å². The zero-order valence-electron chi connectivity index (χ0n) is 23.9. The molecule has 0 saturated carbocycles. The van der Waals surface area contributed by atoms with Crippen LogP contribution in [0.3, 0.4) is 0 Å². The molecule has 9 nitrogen and oxygen atoms in total. The molecule has 216 valence electrons. The highest BCUT2D eigenvalue weighted by atomic mass is 16.6. The SMILES string of the molecule is CCCCCC(=O)Oc1ccc2nc3c(cc2c1)Cn1c-3cc2c(c1=O)COC(=O)[C@@]2(CC)OC(=O)CCCCC. The molecule has 0 radical (unpaired) electrons. The van der Waals surface area contributed by atoms with Gasteiger partial charge in [-0.05, 0) is 49.6 Å². The molecule has 2 aliphatic heterocycles. The van der Waals surface area contributed by atoms with Crippen molar-refractivity contribution in [3.8, 4) is 17.1 Å². The lowest BCUT2D eigenvalue weighted by atomic mass is 9.85. The van der Waals surface area contributed by atoms with Gasteiger partial charge in [0.1, 0.15) is 12.4 Å². The third-order valence-electron chi connectivity index (χ3n) is 7.94. The van der Waals surface area contributed by atoms with Crippen LogP contribution in [0.4, 0.5) is 0 Å². The average Bonchev–Trinajstić information content (AvgIpc) is 3.31. The number of hydrogen-bond donors (Lipinski definition) is 0. The average molecular weight is 561 g/mol. The van der Waals surface area contributed by atoms with Crippen LogP contribution in [0.15, 0.2) is 35.1 Å². The number of ether oxygens (including phenoxy) is 3. The minimum Gasteiger partial charge on any atom is -0.457 e. The molecule has 0 bridgehead atoms. The topological polar surface area (TPSA) is 114 Å². The molecular formula is C32H36N2O7. The number of carbonyl (C=O) groups is 3. The lowest BCUT2D eigenvalue weighted by Gasteiger charge is -2.35. The first-order chi connectivity index (χ1) is 19.8. The molecule has 5 rings (SSSR count). The monoisotopic (exact) mass is 560 g/mol. The van der Waals surface area contributed by atoms with Gasteiger partial charge in [-0.15, -0.1) is 0 Å². The van der Waals surface area contributed by atoms with Gasteiger partial charge in [-0.3, -0.25) is 14.4 Å². The maximum absolute atomic E-state index is 13.7. The van der Waals surface area contributed by atoms with E-state index in [1.165, 1.54) is 0 Å². The molecule has 1 atom stereocenters. The van der Waals surface area contributed by atoms with Crippen LogP contribution in [-0.2, 0) is 42.6 Å². The molecule has 0 spiro atoms. The van der Waals surface area contributed by atoms with Crippen LogP contribution in [0.2, 0.25) is 0 Å². The first-order valence-corrected chi connectivity index (χ1v) is 14.6. The van der Waals surface area contributed by atoms with Crippen molar-refractivity contribution < 1.29 is 28.6 Å². The van der Waals surface area contributed by atoms with Crippen molar-refractivity contribution in [1.29, 1.82) is 0 Å². The second kappa shape index (κ2) is 11.8. The minimum atomic E-state index is -1.68. The number of fused-ring (bicyclic) bond motifs is 5. The van der Waals surface area contributed by atoms with Gasteiger partial charge in [-0.25, -0.2) is 9.78 Å². The maximum atomic E-state index is 13.7. The Bertz CT molecular complexity index is 1570. The molecule has 1 aromatic carbocycles. The van der Waals surface area contributed by atoms with Gasteiger partial charge in [0.25, 0.3) is 5.56 Å². The van der Waals surface area contributed by atoms with E-state index in [0.717, 1.165) is 43.1 Å².